The number of hydrogen-bond acceptors (Lipinski definition) is 4. The number of halogens is 3. The number of carboxylic acids is 1. The molecule has 2 rings (SSSR count). The molecule has 0 radical (unpaired) electrons. The van der Waals surface area contributed by atoms with Gasteiger partial charge in [-0.2, -0.15) is 0 Å². The number of carbonyl (C=O) groups excluding carboxylic acids is 1. The van der Waals surface area contributed by atoms with E-state index in [1.165, 1.54) is 24.3 Å². The Hall–Kier alpha value is -3.29. The number of ether oxygens (including phenoxy) is 2. The van der Waals surface area contributed by atoms with E-state index in [1.807, 2.05) is 0 Å². The standard InChI is InChI=1S/C22H21F3O5/c1-12(2)29-20-14(4)19(21(27)28)13(3)11-16(20)7-10-18(26)15-5-8-17(9-6-15)30-22(23,24)25/h5-12H,1-4H3,(H,27,28). The Balaban J connectivity index is 2.34. The molecule has 0 heterocycles. The van der Waals surface area contributed by atoms with Crippen molar-refractivity contribution >= 4 is 17.8 Å². The molecule has 0 aliphatic rings. The molecular formula is C22H21F3O5. The molecule has 0 saturated heterocycles. The zero-order valence-corrected chi connectivity index (χ0v) is 16.8. The van der Waals surface area contributed by atoms with Crippen LogP contribution in [0, 0.1) is 13.8 Å². The normalized spacial score (nSPS) is 11.7. The van der Waals surface area contributed by atoms with E-state index in [9.17, 15) is 27.9 Å². The molecule has 0 fully saturated rings. The fourth-order valence-electron chi connectivity index (χ4n) is 2.92. The van der Waals surface area contributed by atoms with Crippen LogP contribution in [0.5, 0.6) is 11.5 Å². The Bertz CT molecular complexity index is 974. The third-order valence-electron chi connectivity index (χ3n) is 4.10. The third-order valence-corrected chi connectivity index (χ3v) is 4.10. The summed E-state index contributed by atoms with van der Waals surface area (Å²) in [4.78, 5) is 24.0. The highest BCUT2D eigenvalue weighted by atomic mass is 19.4. The maximum atomic E-state index is 12.4. The van der Waals surface area contributed by atoms with Crippen LogP contribution in [0.1, 0.15) is 51.3 Å². The second kappa shape index (κ2) is 9.02. The van der Waals surface area contributed by atoms with Crippen LogP contribution in [-0.4, -0.2) is 29.3 Å². The molecule has 2 aromatic carbocycles. The van der Waals surface area contributed by atoms with Gasteiger partial charge in [-0.05, 0) is 75.7 Å². The first kappa shape index (κ1) is 23.0. The molecule has 0 atom stereocenters. The van der Waals surface area contributed by atoms with Crippen LogP contribution in [0.2, 0.25) is 0 Å². The van der Waals surface area contributed by atoms with Crippen molar-refractivity contribution < 1.29 is 37.3 Å². The molecule has 0 bridgehead atoms. The number of ketones is 1. The highest BCUT2D eigenvalue weighted by Crippen LogP contribution is 2.32. The van der Waals surface area contributed by atoms with Crippen molar-refractivity contribution in [3.8, 4) is 11.5 Å². The molecule has 8 heteroatoms. The van der Waals surface area contributed by atoms with Gasteiger partial charge in [-0.1, -0.05) is 0 Å². The van der Waals surface area contributed by atoms with Gasteiger partial charge in [-0.15, -0.1) is 13.2 Å². The van der Waals surface area contributed by atoms with E-state index < -0.39 is 23.9 Å². The van der Waals surface area contributed by atoms with Gasteiger partial charge in [-0.25, -0.2) is 4.79 Å². The van der Waals surface area contributed by atoms with Crippen molar-refractivity contribution in [1.29, 1.82) is 0 Å². The molecular weight excluding hydrogens is 401 g/mol. The van der Waals surface area contributed by atoms with Gasteiger partial charge in [0.25, 0.3) is 0 Å². The maximum absolute atomic E-state index is 12.4. The fourth-order valence-corrected chi connectivity index (χ4v) is 2.92. The number of aromatic carboxylic acids is 1. The zero-order chi connectivity index (χ0) is 22.6. The summed E-state index contributed by atoms with van der Waals surface area (Å²) in [6.07, 6.45) is -2.29. The molecule has 0 aliphatic carbocycles. The largest absolute Gasteiger partial charge is 0.573 e. The van der Waals surface area contributed by atoms with Gasteiger partial charge in [0.2, 0.25) is 0 Å². The maximum Gasteiger partial charge on any atom is 0.573 e. The number of allylic oxidation sites excluding steroid dienone is 1. The Morgan fingerprint density at radius 1 is 1.10 bits per heavy atom. The molecule has 0 aromatic heterocycles. The van der Waals surface area contributed by atoms with Crippen molar-refractivity contribution in [2.45, 2.75) is 40.2 Å². The van der Waals surface area contributed by atoms with Crippen molar-refractivity contribution in [3.05, 3.63) is 64.2 Å². The highest BCUT2D eigenvalue weighted by molar-refractivity contribution is 6.07. The second-order valence-corrected chi connectivity index (χ2v) is 6.85. The van der Waals surface area contributed by atoms with Crippen LogP contribution >= 0.6 is 0 Å². The van der Waals surface area contributed by atoms with Crippen LogP contribution in [0.25, 0.3) is 6.08 Å². The van der Waals surface area contributed by atoms with Gasteiger partial charge in [0.1, 0.15) is 11.5 Å². The third kappa shape index (κ3) is 5.85. The van der Waals surface area contributed by atoms with Gasteiger partial charge in [0.15, 0.2) is 5.78 Å². The summed E-state index contributed by atoms with van der Waals surface area (Å²) >= 11 is 0. The molecule has 30 heavy (non-hydrogen) atoms. The Kier molecular flexibility index (Phi) is 6.92. The van der Waals surface area contributed by atoms with Crippen LogP contribution in [-0.2, 0) is 0 Å². The van der Waals surface area contributed by atoms with Crippen molar-refractivity contribution in [1.82, 2.24) is 0 Å². The molecule has 2 aromatic rings. The molecule has 1 N–H and O–H groups in total. The van der Waals surface area contributed by atoms with Gasteiger partial charge < -0.3 is 14.6 Å². The predicted molar refractivity (Wildman–Crippen MR) is 105 cm³/mol. The van der Waals surface area contributed by atoms with Gasteiger partial charge in [-0.3, -0.25) is 4.79 Å². The van der Waals surface area contributed by atoms with Crippen LogP contribution in [0.3, 0.4) is 0 Å². The molecule has 5 nitrogen and oxygen atoms in total. The smallest absolute Gasteiger partial charge is 0.490 e. The summed E-state index contributed by atoms with van der Waals surface area (Å²) < 4.78 is 46.2. The minimum atomic E-state index is -4.81. The molecule has 0 unspecified atom stereocenters. The molecule has 160 valence electrons. The van der Waals surface area contributed by atoms with Crippen molar-refractivity contribution in [3.63, 3.8) is 0 Å². The lowest BCUT2D eigenvalue weighted by Gasteiger charge is -2.18. The summed E-state index contributed by atoms with van der Waals surface area (Å²) in [7, 11) is 0. The molecule has 0 aliphatic heterocycles. The summed E-state index contributed by atoms with van der Waals surface area (Å²) in [5.41, 5.74) is 1.78. The number of aryl methyl sites for hydroxylation is 1. The summed E-state index contributed by atoms with van der Waals surface area (Å²) in [5.74, 6) is -1.59. The minimum Gasteiger partial charge on any atom is -0.490 e. The first-order chi connectivity index (χ1) is 13.9. The number of rotatable bonds is 7. The number of alkyl halides is 3. The van der Waals surface area contributed by atoms with E-state index in [1.54, 1.807) is 33.8 Å². The Morgan fingerprint density at radius 3 is 2.20 bits per heavy atom. The Labute approximate surface area is 171 Å². The quantitative estimate of drug-likeness (QED) is 0.466. The van der Waals surface area contributed by atoms with Crippen LogP contribution in [0.15, 0.2) is 36.4 Å². The van der Waals surface area contributed by atoms with Crippen LogP contribution < -0.4 is 9.47 Å². The first-order valence-corrected chi connectivity index (χ1v) is 9.01. The summed E-state index contributed by atoms with van der Waals surface area (Å²) in [5, 5.41) is 9.45. The Morgan fingerprint density at radius 2 is 1.70 bits per heavy atom. The van der Waals surface area contributed by atoms with E-state index in [2.05, 4.69) is 4.74 Å². The minimum absolute atomic E-state index is 0.134. The average Bonchev–Trinajstić information content (AvgIpc) is 2.61. The average molecular weight is 422 g/mol. The van der Waals surface area contributed by atoms with E-state index in [4.69, 9.17) is 4.74 Å². The van der Waals surface area contributed by atoms with Gasteiger partial charge in [0.05, 0.1) is 11.7 Å². The summed E-state index contributed by atoms with van der Waals surface area (Å²) in [6, 6.07) is 6.17. The lowest BCUT2D eigenvalue weighted by molar-refractivity contribution is -0.274. The predicted octanol–water partition coefficient (Wildman–Crippen LogP) is 5.58. The lowest BCUT2D eigenvalue weighted by atomic mass is 9.97. The van der Waals surface area contributed by atoms with Crippen molar-refractivity contribution in [2.24, 2.45) is 0 Å². The van der Waals surface area contributed by atoms with Crippen molar-refractivity contribution in [2.75, 3.05) is 0 Å². The monoisotopic (exact) mass is 422 g/mol. The molecule has 0 amide bonds. The number of benzene rings is 2. The number of hydrogen-bond donors (Lipinski definition) is 1. The highest BCUT2D eigenvalue weighted by Gasteiger charge is 2.31. The lowest BCUT2D eigenvalue weighted by Crippen LogP contribution is -2.17. The SMILES string of the molecule is Cc1cc(C=CC(=O)c2ccc(OC(F)(F)F)cc2)c(OC(C)C)c(C)c1C(=O)O. The fraction of sp³-hybridized carbons (Fsp3) is 0.273. The number of carbonyl (C=O) groups is 2. The topological polar surface area (TPSA) is 72.8 Å². The molecule has 0 spiro atoms. The van der Waals surface area contributed by atoms with E-state index in [-0.39, 0.29) is 17.2 Å². The van der Waals surface area contributed by atoms with E-state index in [0.29, 0.717) is 22.4 Å². The molecule has 0 saturated carbocycles. The first-order valence-electron chi connectivity index (χ1n) is 9.01. The second-order valence-electron chi connectivity index (χ2n) is 6.85. The van der Waals surface area contributed by atoms with E-state index in [0.717, 1.165) is 12.1 Å². The summed E-state index contributed by atoms with van der Waals surface area (Å²) in [6.45, 7) is 6.87. The van der Waals surface area contributed by atoms with Gasteiger partial charge in [0, 0.05) is 16.7 Å². The number of carboxylic acid groups (broad SMARTS) is 1. The van der Waals surface area contributed by atoms with Gasteiger partial charge >= 0.3 is 12.3 Å². The van der Waals surface area contributed by atoms with Crippen LogP contribution in [0.4, 0.5) is 13.2 Å². The zero-order valence-electron chi connectivity index (χ0n) is 16.8. The van der Waals surface area contributed by atoms with E-state index >= 15 is 0 Å².